The molecule has 6 nitrogen and oxygen atoms in total. The van der Waals surface area contributed by atoms with Gasteiger partial charge in [-0.1, -0.05) is 13.8 Å². The van der Waals surface area contributed by atoms with E-state index >= 15 is 0 Å². The number of aromatic nitrogens is 2. The molecule has 20 heavy (non-hydrogen) atoms. The van der Waals surface area contributed by atoms with E-state index in [0.717, 1.165) is 17.8 Å². The highest BCUT2D eigenvalue weighted by Crippen LogP contribution is 2.22. The van der Waals surface area contributed by atoms with Gasteiger partial charge in [0.15, 0.2) is 0 Å². The van der Waals surface area contributed by atoms with Crippen molar-refractivity contribution < 1.29 is 0 Å². The van der Waals surface area contributed by atoms with Crippen molar-refractivity contribution in [1.82, 2.24) is 14.9 Å². The summed E-state index contributed by atoms with van der Waals surface area (Å²) in [7, 11) is 0. The topological polar surface area (TPSA) is 79.1 Å². The Morgan fingerprint density at radius 3 is 2.55 bits per heavy atom. The van der Waals surface area contributed by atoms with Crippen molar-refractivity contribution in [1.29, 1.82) is 0 Å². The normalized spacial score (nSPS) is 17.1. The van der Waals surface area contributed by atoms with Gasteiger partial charge in [0.25, 0.3) is 0 Å². The third kappa shape index (κ3) is 3.58. The lowest BCUT2D eigenvalue weighted by Crippen LogP contribution is -2.39. The lowest BCUT2D eigenvalue weighted by molar-refractivity contribution is 0.219. The molecular formula is C14H26N6. The molecule has 6 heteroatoms. The smallest absolute Gasteiger partial charge is 0.148 e. The third-order valence-corrected chi connectivity index (χ3v) is 3.90. The highest BCUT2D eigenvalue weighted by molar-refractivity contribution is 5.57. The van der Waals surface area contributed by atoms with Crippen LogP contribution in [0.3, 0.4) is 0 Å². The SMILES string of the molecule is CCCN1CCC(Nc2ncnc(NN)c2CC)CC1. The Morgan fingerprint density at radius 2 is 1.95 bits per heavy atom. The lowest BCUT2D eigenvalue weighted by Gasteiger charge is -2.32. The van der Waals surface area contributed by atoms with Crippen molar-refractivity contribution in [3.63, 3.8) is 0 Å². The highest BCUT2D eigenvalue weighted by Gasteiger charge is 2.20. The van der Waals surface area contributed by atoms with Gasteiger partial charge in [0, 0.05) is 24.7 Å². The fraction of sp³-hybridized carbons (Fsp3) is 0.714. The summed E-state index contributed by atoms with van der Waals surface area (Å²) in [5.74, 6) is 7.14. The number of rotatable bonds is 6. The maximum atomic E-state index is 5.51. The van der Waals surface area contributed by atoms with Crippen molar-refractivity contribution in [2.75, 3.05) is 30.4 Å². The van der Waals surface area contributed by atoms with Gasteiger partial charge in [-0.05, 0) is 32.2 Å². The number of nitrogens with zero attached hydrogens (tertiary/aromatic N) is 3. The van der Waals surface area contributed by atoms with Crippen LogP contribution >= 0.6 is 0 Å². The van der Waals surface area contributed by atoms with E-state index in [9.17, 15) is 0 Å². The first-order chi connectivity index (χ1) is 9.78. The van der Waals surface area contributed by atoms with Crippen LogP contribution < -0.4 is 16.6 Å². The van der Waals surface area contributed by atoms with Gasteiger partial charge in [-0.2, -0.15) is 0 Å². The molecule has 0 spiro atoms. The molecule has 0 atom stereocenters. The minimum Gasteiger partial charge on any atom is -0.367 e. The first kappa shape index (κ1) is 15.0. The highest BCUT2D eigenvalue weighted by atomic mass is 15.3. The summed E-state index contributed by atoms with van der Waals surface area (Å²) >= 11 is 0. The molecule has 0 radical (unpaired) electrons. The van der Waals surface area contributed by atoms with Crippen molar-refractivity contribution in [2.45, 2.75) is 45.6 Å². The van der Waals surface area contributed by atoms with Crippen molar-refractivity contribution in [3.05, 3.63) is 11.9 Å². The van der Waals surface area contributed by atoms with Gasteiger partial charge in [-0.25, -0.2) is 15.8 Å². The van der Waals surface area contributed by atoms with E-state index in [-0.39, 0.29) is 0 Å². The van der Waals surface area contributed by atoms with Crippen molar-refractivity contribution in [3.8, 4) is 0 Å². The molecule has 2 heterocycles. The van der Waals surface area contributed by atoms with Crippen LogP contribution in [0, 0.1) is 0 Å². The molecule has 2 rings (SSSR count). The van der Waals surface area contributed by atoms with Crippen molar-refractivity contribution >= 4 is 11.6 Å². The van der Waals surface area contributed by atoms with Crippen molar-refractivity contribution in [2.24, 2.45) is 5.84 Å². The van der Waals surface area contributed by atoms with E-state index < -0.39 is 0 Å². The zero-order chi connectivity index (χ0) is 14.4. The monoisotopic (exact) mass is 278 g/mol. The molecule has 0 aliphatic carbocycles. The molecule has 1 aliphatic heterocycles. The largest absolute Gasteiger partial charge is 0.367 e. The van der Waals surface area contributed by atoms with E-state index in [0.29, 0.717) is 11.9 Å². The Hall–Kier alpha value is -1.40. The van der Waals surface area contributed by atoms with Gasteiger partial charge in [0.1, 0.15) is 18.0 Å². The van der Waals surface area contributed by atoms with E-state index in [1.165, 1.54) is 38.9 Å². The van der Waals surface area contributed by atoms with Gasteiger partial charge in [-0.15, -0.1) is 0 Å². The Balaban J connectivity index is 1.97. The number of piperidine rings is 1. The Labute approximate surface area is 121 Å². The molecular weight excluding hydrogens is 252 g/mol. The van der Waals surface area contributed by atoms with Crippen LogP contribution in [0.15, 0.2) is 6.33 Å². The van der Waals surface area contributed by atoms with Crippen LogP contribution in [-0.2, 0) is 6.42 Å². The third-order valence-electron chi connectivity index (χ3n) is 3.90. The van der Waals surface area contributed by atoms with E-state index in [2.05, 4.69) is 39.5 Å². The summed E-state index contributed by atoms with van der Waals surface area (Å²) in [5, 5.41) is 3.56. The van der Waals surface area contributed by atoms with Gasteiger partial charge in [0.2, 0.25) is 0 Å². The number of anilines is 2. The number of hydrogen-bond acceptors (Lipinski definition) is 6. The number of nitrogens with one attached hydrogen (secondary N) is 2. The van der Waals surface area contributed by atoms with Crippen LogP contribution in [0.2, 0.25) is 0 Å². The van der Waals surface area contributed by atoms with Gasteiger partial charge < -0.3 is 15.6 Å². The van der Waals surface area contributed by atoms with E-state index in [4.69, 9.17) is 5.84 Å². The summed E-state index contributed by atoms with van der Waals surface area (Å²) in [5.41, 5.74) is 3.71. The first-order valence-corrected chi connectivity index (χ1v) is 7.57. The summed E-state index contributed by atoms with van der Waals surface area (Å²) < 4.78 is 0. The number of hydrogen-bond donors (Lipinski definition) is 3. The fourth-order valence-corrected chi connectivity index (χ4v) is 2.81. The minimum absolute atomic E-state index is 0.494. The average Bonchev–Trinajstić information content (AvgIpc) is 2.49. The maximum Gasteiger partial charge on any atom is 0.148 e. The molecule has 1 aromatic rings. The zero-order valence-corrected chi connectivity index (χ0v) is 12.5. The number of nitrogens with two attached hydrogens (primary N) is 1. The molecule has 0 saturated carbocycles. The second kappa shape index (κ2) is 7.40. The Morgan fingerprint density at radius 1 is 1.25 bits per heavy atom. The second-order valence-electron chi connectivity index (χ2n) is 5.31. The summed E-state index contributed by atoms with van der Waals surface area (Å²) in [6, 6.07) is 0.494. The molecule has 1 aromatic heterocycles. The molecule has 0 aromatic carbocycles. The number of hydrazine groups is 1. The van der Waals surface area contributed by atoms with Crippen LogP contribution in [0.5, 0.6) is 0 Å². The van der Waals surface area contributed by atoms with E-state index in [1.807, 2.05) is 0 Å². The molecule has 0 unspecified atom stereocenters. The van der Waals surface area contributed by atoms with Gasteiger partial charge in [-0.3, -0.25) is 0 Å². The van der Waals surface area contributed by atoms with E-state index in [1.54, 1.807) is 6.33 Å². The van der Waals surface area contributed by atoms with Gasteiger partial charge >= 0.3 is 0 Å². The molecule has 1 saturated heterocycles. The van der Waals surface area contributed by atoms with Crippen LogP contribution in [0.1, 0.15) is 38.7 Å². The number of likely N-dealkylation sites (tertiary alicyclic amines) is 1. The molecule has 1 fully saturated rings. The summed E-state index contributed by atoms with van der Waals surface area (Å²) in [4.78, 5) is 11.1. The van der Waals surface area contributed by atoms with Crippen LogP contribution in [0.4, 0.5) is 11.6 Å². The Kier molecular flexibility index (Phi) is 5.55. The molecule has 1 aliphatic rings. The standard InChI is InChI=1S/C14H26N6/c1-3-7-20-8-5-11(6-9-20)18-13-12(4-2)14(19-15)17-10-16-13/h10-11H,3-9,15H2,1-2H3,(H2,16,17,18,19). The molecule has 4 N–H and O–H groups in total. The van der Waals surface area contributed by atoms with Crippen LogP contribution in [-0.4, -0.2) is 40.5 Å². The number of nitrogen functional groups attached to an aromatic ring is 1. The van der Waals surface area contributed by atoms with Crippen LogP contribution in [0.25, 0.3) is 0 Å². The summed E-state index contributed by atoms with van der Waals surface area (Å²) in [6.45, 7) is 7.87. The predicted molar refractivity (Wildman–Crippen MR) is 82.6 cm³/mol. The fourth-order valence-electron chi connectivity index (χ4n) is 2.81. The Bertz CT molecular complexity index is 414. The molecule has 0 amide bonds. The average molecular weight is 278 g/mol. The summed E-state index contributed by atoms with van der Waals surface area (Å²) in [6.07, 6.45) is 5.98. The molecule has 0 bridgehead atoms. The molecule has 112 valence electrons. The minimum atomic E-state index is 0.494. The maximum absolute atomic E-state index is 5.51. The van der Waals surface area contributed by atoms with Gasteiger partial charge in [0.05, 0.1) is 0 Å². The second-order valence-corrected chi connectivity index (χ2v) is 5.31. The lowest BCUT2D eigenvalue weighted by atomic mass is 10.0. The predicted octanol–water partition coefficient (Wildman–Crippen LogP) is 1.61. The quantitative estimate of drug-likeness (QED) is 0.542. The first-order valence-electron chi connectivity index (χ1n) is 7.57. The zero-order valence-electron chi connectivity index (χ0n) is 12.5.